The van der Waals surface area contributed by atoms with Crippen molar-refractivity contribution in [2.24, 2.45) is 29.6 Å². The molecule has 0 atom stereocenters. The molecule has 0 amide bonds. The molecule has 256 valence electrons. The molecule has 0 unspecified atom stereocenters. The number of rotatable bonds is 6. The van der Waals surface area contributed by atoms with Crippen LogP contribution in [-0.4, -0.2) is 0 Å². The minimum Gasteiger partial charge on any atom is -0.204 e. The summed E-state index contributed by atoms with van der Waals surface area (Å²) in [6.07, 6.45) is 21.7. The van der Waals surface area contributed by atoms with Crippen molar-refractivity contribution in [3.05, 3.63) is 99.6 Å². The maximum atomic E-state index is 13.5. The summed E-state index contributed by atoms with van der Waals surface area (Å²) in [5.74, 6) is 1.12. The number of halogens is 4. The molecule has 2 saturated carbocycles. The van der Waals surface area contributed by atoms with Crippen LogP contribution in [0, 0.1) is 52.9 Å². The summed E-state index contributed by atoms with van der Waals surface area (Å²) in [5.41, 5.74) is 6.69. The lowest BCUT2D eigenvalue weighted by Gasteiger charge is -2.32. The molecule has 4 heteroatoms. The van der Waals surface area contributed by atoms with Gasteiger partial charge in [0.2, 0.25) is 0 Å². The van der Waals surface area contributed by atoms with Crippen molar-refractivity contribution >= 4 is 27.6 Å². The third-order valence-electron chi connectivity index (χ3n) is 12.4. The predicted molar refractivity (Wildman–Crippen MR) is 193 cm³/mol. The van der Waals surface area contributed by atoms with Gasteiger partial charge in [-0.3, -0.25) is 0 Å². The van der Waals surface area contributed by atoms with Crippen molar-refractivity contribution in [2.45, 2.75) is 110 Å². The highest BCUT2D eigenvalue weighted by atomic mass is 19.2. The van der Waals surface area contributed by atoms with Gasteiger partial charge >= 0.3 is 0 Å². The van der Waals surface area contributed by atoms with E-state index in [-0.39, 0.29) is 1.43 Å². The summed E-state index contributed by atoms with van der Waals surface area (Å²) < 4.78 is 53.9. The zero-order chi connectivity index (χ0) is 33.4. The minimum absolute atomic E-state index is 0. The Morgan fingerprint density at radius 1 is 0.521 bits per heavy atom. The largest absolute Gasteiger partial charge is 0.204 e. The predicted octanol–water partition coefficient (Wildman–Crippen LogP) is 13.3. The fourth-order valence-electron chi connectivity index (χ4n) is 9.70. The lowest BCUT2D eigenvalue weighted by molar-refractivity contribution is 0.201. The van der Waals surface area contributed by atoms with Gasteiger partial charge in [0, 0.05) is 1.43 Å². The number of fused-ring (bicyclic) bond motifs is 4. The second kappa shape index (κ2) is 14.4. The number of hydrogen-bond donors (Lipinski definition) is 0. The van der Waals surface area contributed by atoms with Gasteiger partial charge in [-0.15, -0.1) is 0 Å². The molecule has 8 rings (SSSR count). The van der Waals surface area contributed by atoms with E-state index in [1.54, 1.807) is 0 Å². The van der Waals surface area contributed by atoms with Crippen molar-refractivity contribution in [1.82, 2.24) is 0 Å². The zero-order valence-corrected chi connectivity index (χ0v) is 28.7. The van der Waals surface area contributed by atoms with Crippen LogP contribution in [0.5, 0.6) is 0 Å². The third-order valence-corrected chi connectivity index (χ3v) is 12.4. The first-order valence-corrected chi connectivity index (χ1v) is 18.8. The molecule has 4 aliphatic rings. The van der Waals surface area contributed by atoms with E-state index < -0.39 is 23.3 Å². The maximum absolute atomic E-state index is 13.5. The van der Waals surface area contributed by atoms with E-state index >= 15 is 0 Å². The molecule has 48 heavy (non-hydrogen) atoms. The summed E-state index contributed by atoms with van der Waals surface area (Å²) in [6.45, 7) is 4.56. The summed E-state index contributed by atoms with van der Waals surface area (Å²) in [6, 6.07) is 13.6. The molecule has 0 radical (unpaired) electrons. The van der Waals surface area contributed by atoms with Crippen molar-refractivity contribution in [1.29, 1.82) is 0 Å². The lowest BCUT2D eigenvalue weighted by Crippen LogP contribution is -2.22. The van der Waals surface area contributed by atoms with E-state index in [0.717, 1.165) is 64.5 Å². The summed E-state index contributed by atoms with van der Waals surface area (Å²) in [5, 5.41) is 3.26. The Labute approximate surface area is 285 Å². The Bertz CT molecular complexity index is 1730. The first-order valence-electron chi connectivity index (χ1n) is 18.8. The van der Waals surface area contributed by atoms with Crippen LogP contribution in [0.3, 0.4) is 0 Å². The number of hydrogen-bond acceptors (Lipinski definition) is 0. The van der Waals surface area contributed by atoms with Crippen LogP contribution < -0.4 is 0 Å². The van der Waals surface area contributed by atoms with Gasteiger partial charge in [0.1, 0.15) is 0 Å². The van der Waals surface area contributed by atoms with Crippen LogP contribution in [0.2, 0.25) is 0 Å². The fourth-order valence-corrected chi connectivity index (χ4v) is 9.70. The molecule has 4 aliphatic carbocycles. The average Bonchev–Trinajstić information content (AvgIpc) is 3.69. The smallest absolute Gasteiger partial charge is 0.159 e. The van der Waals surface area contributed by atoms with Gasteiger partial charge < -0.3 is 0 Å². The Balaban J connectivity index is 0.000000167. The summed E-state index contributed by atoms with van der Waals surface area (Å²) >= 11 is 0. The molecule has 4 aromatic rings. The van der Waals surface area contributed by atoms with Crippen LogP contribution in [0.1, 0.15) is 115 Å². The Hall–Kier alpha value is -3.14. The molecule has 2 fully saturated rings. The first kappa shape index (κ1) is 33.4. The fraction of sp³-hybridized carbons (Fsp3) is 0.500. The van der Waals surface area contributed by atoms with Gasteiger partial charge in [-0.2, -0.15) is 0 Å². The first-order chi connectivity index (χ1) is 23.3. The van der Waals surface area contributed by atoms with E-state index in [9.17, 15) is 17.6 Å². The molecule has 0 bridgehead atoms. The third kappa shape index (κ3) is 7.10. The molecule has 0 heterocycles. The van der Waals surface area contributed by atoms with Crippen LogP contribution in [0.15, 0.2) is 54.1 Å². The van der Waals surface area contributed by atoms with Crippen molar-refractivity contribution < 1.29 is 19.0 Å². The molecule has 0 saturated heterocycles. The van der Waals surface area contributed by atoms with Gasteiger partial charge in [0.05, 0.1) is 0 Å². The zero-order valence-electron chi connectivity index (χ0n) is 28.7. The highest BCUT2D eigenvalue weighted by Gasteiger charge is 2.32. The summed E-state index contributed by atoms with van der Waals surface area (Å²) in [4.78, 5) is 0. The summed E-state index contributed by atoms with van der Waals surface area (Å²) in [7, 11) is 0. The topological polar surface area (TPSA) is 0 Å². The standard InChI is InChI=1S/C22H26F2.C22H24F2.H2/c2*1-2-3-14-4-6-15(7-5-14)16-8-17-10-19-12-21(23)22(24)13-20(19)11-18(17)9-16;/h10-16H,2-9H2,1H3;8,10-15H,2-7,9H2,1H3;1H. The lowest BCUT2D eigenvalue weighted by atomic mass is 9.74. The monoisotopic (exact) mass is 656 g/mol. The van der Waals surface area contributed by atoms with Gasteiger partial charge in [-0.1, -0.05) is 82.2 Å². The van der Waals surface area contributed by atoms with Gasteiger partial charge in [0.15, 0.2) is 23.3 Å². The van der Waals surface area contributed by atoms with Crippen molar-refractivity contribution in [3.8, 4) is 0 Å². The molecule has 4 aromatic carbocycles. The number of allylic oxidation sites excluding steroid dienone is 1. The average molecular weight is 657 g/mol. The molecule has 0 aliphatic heterocycles. The molecule has 0 N–H and O–H groups in total. The molecule has 0 aromatic heterocycles. The van der Waals surface area contributed by atoms with E-state index in [1.165, 1.54) is 129 Å². The van der Waals surface area contributed by atoms with Gasteiger partial charge in [0.25, 0.3) is 0 Å². The van der Waals surface area contributed by atoms with Crippen LogP contribution in [0.4, 0.5) is 17.6 Å². The van der Waals surface area contributed by atoms with Crippen molar-refractivity contribution in [2.75, 3.05) is 0 Å². The second-order valence-electron chi connectivity index (χ2n) is 15.5. The normalized spacial score (nSPS) is 23.9. The Kier molecular flexibility index (Phi) is 9.99. The van der Waals surface area contributed by atoms with E-state index in [0.29, 0.717) is 5.92 Å². The Morgan fingerprint density at radius 3 is 1.44 bits per heavy atom. The molecular weight excluding hydrogens is 604 g/mol. The minimum atomic E-state index is -0.765. The SMILES string of the molecule is CCCC1CCC(C2=Cc3cc4cc(F)c(F)cc4cc3C2)CC1.CCCC1CCC(C2Cc3cc4cc(F)c(F)cc4cc3C2)CC1.[HH]. The quantitative estimate of drug-likeness (QED) is 0.181. The van der Waals surface area contributed by atoms with E-state index in [2.05, 4.69) is 32.1 Å². The van der Waals surface area contributed by atoms with Crippen molar-refractivity contribution in [3.63, 3.8) is 0 Å². The Morgan fingerprint density at radius 2 is 0.958 bits per heavy atom. The molecular formula is C44H52F4. The molecule has 0 spiro atoms. The van der Waals surface area contributed by atoms with E-state index in [4.69, 9.17) is 0 Å². The highest BCUT2D eigenvalue weighted by molar-refractivity contribution is 5.88. The number of benzene rings is 4. The van der Waals surface area contributed by atoms with Crippen LogP contribution in [-0.2, 0) is 19.3 Å². The van der Waals surface area contributed by atoms with E-state index in [1.807, 2.05) is 12.1 Å². The second-order valence-corrected chi connectivity index (χ2v) is 15.5. The highest BCUT2D eigenvalue weighted by Crippen LogP contribution is 2.43. The van der Waals surface area contributed by atoms with Crippen LogP contribution >= 0.6 is 0 Å². The molecule has 0 nitrogen and oxygen atoms in total. The maximum Gasteiger partial charge on any atom is 0.159 e. The van der Waals surface area contributed by atoms with Gasteiger partial charge in [-0.05, 0) is 162 Å². The van der Waals surface area contributed by atoms with Crippen LogP contribution in [0.25, 0.3) is 27.6 Å². The van der Waals surface area contributed by atoms with Gasteiger partial charge in [-0.25, -0.2) is 17.6 Å².